The molecule has 0 radical (unpaired) electrons. The van der Waals surface area contributed by atoms with E-state index in [0.29, 0.717) is 21.9 Å². The lowest BCUT2D eigenvalue weighted by molar-refractivity contribution is -0.0688. The number of aliphatic hydroxyl groups is 3. The number of nitrogens with zero attached hydrogens (tertiary/aromatic N) is 1. The van der Waals surface area contributed by atoms with Crippen molar-refractivity contribution in [2.24, 2.45) is 5.41 Å². The number of ether oxygens (including phenoxy) is 3. The molecule has 1 heterocycles. The van der Waals surface area contributed by atoms with E-state index in [2.05, 4.69) is 36.8 Å². The van der Waals surface area contributed by atoms with Crippen LogP contribution in [0.2, 0.25) is 0 Å². The quantitative estimate of drug-likeness (QED) is 0.391. The van der Waals surface area contributed by atoms with Crippen molar-refractivity contribution in [3.63, 3.8) is 0 Å². The van der Waals surface area contributed by atoms with Crippen LogP contribution in [0.25, 0.3) is 0 Å². The zero-order valence-corrected chi connectivity index (χ0v) is 18.5. The molecule has 28 heavy (non-hydrogen) atoms. The van der Waals surface area contributed by atoms with Crippen LogP contribution in [0, 0.1) is 5.41 Å². The lowest BCUT2D eigenvalue weighted by Gasteiger charge is -2.27. The molecule has 3 N–H and O–H groups in total. The number of halogens is 2. The van der Waals surface area contributed by atoms with E-state index in [-0.39, 0.29) is 39.1 Å². The van der Waals surface area contributed by atoms with Crippen molar-refractivity contribution in [2.75, 3.05) is 33.0 Å². The van der Waals surface area contributed by atoms with Crippen LogP contribution in [0.15, 0.2) is 45.6 Å². The van der Waals surface area contributed by atoms with Gasteiger partial charge in [-0.2, -0.15) is 0 Å². The number of hydrogen-bond donors (Lipinski definition) is 3. The molecule has 0 aliphatic rings. The smallest absolute Gasteiger partial charge is 0.134 e. The second-order valence-electron chi connectivity index (χ2n) is 6.43. The number of pyridine rings is 1. The molecule has 0 aliphatic heterocycles. The van der Waals surface area contributed by atoms with Crippen LogP contribution in [0.1, 0.15) is 6.92 Å². The Bertz CT molecular complexity index is 749. The highest BCUT2D eigenvalue weighted by Crippen LogP contribution is 2.32. The third kappa shape index (κ3) is 6.68. The van der Waals surface area contributed by atoms with Crippen molar-refractivity contribution in [1.29, 1.82) is 0 Å². The van der Waals surface area contributed by atoms with Crippen LogP contribution in [0.3, 0.4) is 0 Å². The van der Waals surface area contributed by atoms with Gasteiger partial charge in [0.1, 0.15) is 28.0 Å². The van der Waals surface area contributed by atoms with Crippen LogP contribution in [0.5, 0.6) is 17.2 Å². The molecule has 0 bridgehead atoms. The Hall–Kier alpha value is -1.23. The monoisotopic (exact) mass is 519 g/mol. The van der Waals surface area contributed by atoms with Crippen LogP contribution >= 0.6 is 31.9 Å². The second kappa shape index (κ2) is 11.1. The Kier molecular flexibility index (Phi) is 9.13. The van der Waals surface area contributed by atoms with Gasteiger partial charge in [0.2, 0.25) is 0 Å². The van der Waals surface area contributed by atoms with E-state index in [1.54, 1.807) is 36.5 Å². The molecule has 1 unspecified atom stereocenters. The molecular formula is C19H23Br2NO6. The highest BCUT2D eigenvalue weighted by atomic mass is 79.9. The van der Waals surface area contributed by atoms with Gasteiger partial charge in [-0.25, -0.2) is 4.98 Å². The molecule has 7 nitrogen and oxygen atoms in total. The van der Waals surface area contributed by atoms with E-state index in [4.69, 9.17) is 14.2 Å². The molecule has 2 aromatic rings. The standard InChI is InChI=1S/C19H23Br2NO6/c1-13(8-26-12-19(9-23,10-24)11-25)27-17-3-2-14(6-16(17)20)28-15-4-5-22-18(21)7-15/h2-7,13,23-25H,8-12H2,1H3. The fraction of sp³-hybridized carbons (Fsp3) is 0.421. The zero-order chi connectivity index (χ0) is 20.6. The number of hydrogen-bond acceptors (Lipinski definition) is 7. The highest BCUT2D eigenvalue weighted by molar-refractivity contribution is 9.10. The summed E-state index contributed by atoms with van der Waals surface area (Å²) in [6.45, 7) is 1.00. The van der Waals surface area contributed by atoms with Gasteiger partial charge in [0.25, 0.3) is 0 Å². The fourth-order valence-electron chi connectivity index (χ4n) is 2.20. The van der Waals surface area contributed by atoms with E-state index in [1.807, 2.05) is 6.92 Å². The molecule has 9 heteroatoms. The summed E-state index contributed by atoms with van der Waals surface area (Å²) in [5.41, 5.74) is -1.05. The number of benzene rings is 1. The zero-order valence-electron chi connectivity index (χ0n) is 15.3. The van der Waals surface area contributed by atoms with Crippen molar-refractivity contribution in [2.45, 2.75) is 13.0 Å². The van der Waals surface area contributed by atoms with Crippen LogP contribution in [-0.2, 0) is 4.74 Å². The average Bonchev–Trinajstić information content (AvgIpc) is 2.68. The Labute approximate surface area is 180 Å². The molecule has 0 amide bonds. The lowest BCUT2D eigenvalue weighted by Crippen LogP contribution is -2.39. The molecule has 0 spiro atoms. The Morgan fingerprint density at radius 2 is 1.71 bits per heavy atom. The molecule has 154 valence electrons. The summed E-state index contributed by atoms with van der Waals surface area (Å²) in [5.74, 6) is 1.92. The highest BCUT2D eigenvalue weighted by Gasteiger charge is 2.28. The maximum absolute atomic E-state index is 9.30. The van der Waals surface area contributed by atoms with E-state index < -0.39 is 5.41 Å². The molecule has 1 atom stereocenters. The van der Waals surface area contributed by atoms with Gasteiger partial charge in [0, 0.05) is 12.3 Å². The molecule has 0 aliphatic carbocycles. The first-order valence-corrected chi connectivity index (χ1v) is 10.2. The average molecular weight is 521 g/mol. The van der Waals surface area contributed by atoms with Gasteiger partial charge < -0.3 is 29.5 Å². The topological polar surface area (TPSA) is 101 Å². The fourth-order valence-corrected chi connectivity index (χ4v) is 3.00. The van der Waals surface area contributed by atoms with E-state index in [9.17, 15) is 15.3 Å². The molecule has 1 aromatic carbocycles. The van der Waals surface area contributed by atoms with Gasteiger partial charge in [0.05, 0.1) is 42.9 Å². The Morgan fingerprint density at radius 3 is 2.32 bits per heavy atom. The van der Waals surface area contributed by atoms with Crippen LogP contribution in [0.4, 0.5) is 0 Å². The summed E-state index contributed by atoms with van der Waals surface area (Å²) in [6.07, 6.45) is 1.36. The van der Waals surface area contributed by atoms with E-state index >= 15 is 0 Å². The summed E-state index contributed by atoms with van der Waals surface area (Å²) in [6, 6.07) is 8.89. The predicted molar refractivity (Wildman–Crippen MR) is 111 cm³/mol. The molecule has 0 saturated heterocycles. The Morgan fingerprint density at radius 1 is 1.04 bits per heavy atom. The number of aliphatic hydroxyl groups excluding tert-OH is 3. The van der Waals surface area contributed by atoms with Crippen LogP contribution in [-0.4, -0.2) is 59.4 Å². The van der Waals surface area contributed by atoms with Gasteiger partial charge in [-0.3, -0.25) is 0 Å². The van der Waals surface area contributed by atoms with Crippen molar-refractivity contribution in [3.05, 3.63) is 45.6 Å². The molecule has 0 saturated carbocycles. The van der Waals surface area contributed by atoms with Crippen LogP contribution < -0.4 is 9.47 Å². The lowest BCUT2D eigenvalue weighted by atomic mass is 9.93. The SMILES string of the molecule is CC(COCC(CO)(CO)CO)Oc1ccc(Oc2ccnc(Br)c2)cc1Br. The van der Waals surface area contributed by atoms with E-state index in [1.165, 1.54) is 0 Å². The van der Waals surface area contributed by atoms with Gasteiger partial charge in [-0.15, -0.1) is 0 Å². The van der Waals surface area contributed by atoms with Crippen molar-refractivity contribution < 1.29 is 29.5 Å². The van der Waals surface area contributed by atoms with Gasteiger partial charge in [-0.1, -0.05) is 0 Å². The second-order valence-corrected chi connectivity index (χ2v) is 8.09. The maximum Gasteiger partial charge on any atom is 0.134 e. The van der Waals surface area contributed by atoms with Crippen molar-refractivity contribution in [3.8, 4) is 17.2 Å². The summed E-state index contributed by atoms with van der Waals surface area (Å²) in [4.78, 5) is 4.06. The number of rotatable bonds is 11. The summed E-state index contributed by atoms with van der Waals surface area (Å²) >= 11 is 6.77. The van der Waals surface area contributed by atoms with Crippen molar-refractivity contribution in [1.82, 2.24) is 4.98 Å². The predicted octanol–water partition coefficient (Wildman–Crippen LogP) is 3.15. The first kappa shape index (κ1) is 23.1. The first-order valence-electron chi connectivity index (χ1n) is 8.57. The largest absolute Gasteiger partial charge is 0.487 e. The third-order valence-corrected chi connectivity index (χ3v) is 4.99. The maximum atomic E-state index is 9.30. The summed E-state index contributed by atoms with van der Waals surface area (Å²) < 4.78 is 18.6. The molecular weight excluding hydrogens is 498 g/mol. The van der Waals surface area contributed by atoms with Gasteiger partial charge in [-0.05, 0) is 63.0 Å². The minimum atomic E-state index is -1.05. The van der Waals surface area contributed by atoms with Crippen molar-refractivity contribution >= 4 is 31.9 Å². The minimum Gasteiger partial charge on any atom is -0.487 e. The summed E-state index contributed by atoms with van der Waals surface area (Å²) in [5, 5.41) is 27.9. The molecule has 1 aromatic heterocycles. The normalized spacial score (nSPS) is 12.6. The van der Waals surface area contributed by atoms with Gasteiger partial charge in [0.15, 0.2) is 0 Å². The summed E-state index contributed by atoms with van der Waals surface area (Å²) in [7, 11) is 0. The number of aromatic nitrogens is 1. The Balaban J connectivity index is 1.90. The third-order valence-electron chi connectivity index (χ3n) is 3.93. The minimum absolute atomic E-state index is 0.0274. The van der Waals surface area contributed by atoms with E-state index in [0.717, 1.165) is 4.47 Å². The molecule has 2 rings (SSSR count). The van der Waals surface area contributed by atoms with Gasteiger partial charge >= 0.3 is 0 Å². The first-order chi connectivity index (χ1) is 13.4. The molecule has 0 fully saturated rings.